The first-order valence-corrected chi connectivity index (χ1v) is 24.9. The minimum Gasteiger partial charge on any atom is -0.490 e. The number of fused-ring (bicyclic) bond motifs is 6. The van der Waals surface area contributed by atoms with Crippen LogP contribution in [0, 0.1) is 0 Å². The number of carbonyl (C=O) groups is 3. The van der Waals surface area contributed by atoms with Gasteiger partial charge in [-0.3, -0.25) is 14.4 Å². The summed E-state index contributed by atoms with van der Waals surface area (Å²) in [6, 6.07) is 12.4. The summed E-state index contributed by atoms with van der Waals surface area (Å²) >= 11 is 0. The molecule has 366 valence electrons. The molecule has 0 saturated heterocycles. The number of benzene rings is 4. The highest BCUT2D eigenvalue weighted by molar-refractivity contribution is 6.31. The summed E-state index contributed by atoms with van der Waals surface area (Å²) in [5.74, 6) is 2.35. The maximum atomic E-state index is 11.6. The molecule has 12 nitrogen and oxygen atoms in total. The summed E-state index contributed by atoms with van der Waals surface area (Å²) in [4.78, 5) is 34.6. The molecular weight excluding hydrogens is 841 g/mol. The van der Waals surface area contributed by atoms with E-state index in [1.54, 1.807) is 0 Å². The number of esters is 3. The minimum absolute atomic E-state index is 0.293. The van der Waals surface area contributed by atoms with E-state index >= 15 is 0 Å². The smallest absolute Gasteiger partial charge is 0.302 e. The molecule has 0 N–H and O–H groups in total. The van der Waals surface area contributed by atoms with Crippen molar-refractivity contribution in [2.24, 2.45) is 0 Å². The van der Waals surface area contributed by atoms with Gasteiger partial charge in [-0.05, 0) is 86.1 Å². The second-order valence-electron chi connectivity index (χ2n) is 16.8. The highest BCUT2D eigenvalue weighted by atomic mass is 16.6. The van der Waals surface area contributed by atoms with E-state index in [-0.39, 0.29) is 17.9 Å². The summed E-state index contributed by atoms with van der Waals surface area (Å²) in [5, 5.41) is 5.30. The predicted molar refractivity (Wildman–Crippen MR) is 262 cm³/mol. The zero-order valence-electron chi connectivity index (χ0n) is 41.0. The van der Waals surface area contributed by atoms with E-state index < -0.39 is 0 Å². The van der Waals surface area contributed by atoms with Crippen molar-refractivity contribution in [1.82, 2.24) is 0 Å². The maximum absolute atomic E-state index is 11.6. The first-order chi connectivity index (χ1) is 32.2. The molecule has 0 radical (unpaired) electrons. The van der Waals surface area contributed by atoms with Crippen LogP contribution in [-0.4, -0.2) is 77.4 Å². The van der Waals surface area contributed by atoms with Crippen LogP contribution < -0.4 is 28.4 Å². The molecule has 0 spiro atoms. The molecule has 0 aromatic heterocycles. The fourth-order valence-electron chi connectivity index (χ4n) is 7.82. The first kappa shape index (κ1) is 53.5. The maximum Gasteiger partial charge on any atom is 0.302 e. The Bertz CT molecular complexity index is 2080. The number of hydrogen-bond acceptors (Lipinski definition) is 12. The average Bonchev–Trinajstić information content (AvgIpc) is 3.30. The van der Waals surface area contributed by atoms with Gasteiger partial charge in [-0.25, -0.2) is 0 Å². The number of ether oxygens (including phenoxy) is 9. The van der Waals surface area contributed by atoms with Crippen LogP contribution >= 0.6 is 0 Å². The van der Waals surface area contributed by atoms with E-state index in [9.17, 15) is 14.4 Å². The molecule has 0 unspecified atom stereocenters. The highest BCUT2D eigenvalue weighted by Gasteiger charge is 2.31. The molecule has 0 aliphatic rings. The molecule has 0 fully saturated rings. The van der Waals surface area contributed by atoms with Gasteiger partial charge in [-0.1, -0.05) is 103 Å². The van der Waals surface area contributed by atoms with Gasteiger partial charge < -0.3 is 42.6 Å². The summed E-state index contributed by atoms with van der Waals surface area (Å²) in [5.41, 5.74) is 0. The van der Waals surface area contributed by atoms with Crippen molar-refractivity contribution in [3.63, 3.8) is 0 Å². The van der Waals surface area contributed by atoms with Gasteiger partial charge in [0.1, 0.15) is 0 Å². The van der Waals surface area contributed by atoms with Crippen molar-refractivity contribution in [2.45, 2.75) is 157 Å². The molecule has 0 heterocycles. The van der Waals surface area contributed by atoms with Crippen molar-refractivity contribution in [2.75, 3.05) is 59.5 Å². The van der Waals surface area contributed by atoms with E-state index in [2.05, 4.69) is 39.0 Å². The van der Waals surface area contributed by atoms with Crippen LogP contribution in [0.5, 0.6) is 34.5 Å². The standard InChI is InChI=1S/C54H78O12/c1-7-10-13-18-35-63-51-48-44-28-17-16-27-43(44)45-29-30-46(61-34-24-21-31-58-40(4)55)50(62-38-25-22-32-59-41(5)56)47(45)49(48)52(64-39-26-23-33-60-42(6)57)54(66-37-20-15-12-9-3)53(51)65-36-19-14-11-8-2/h16-17,27-30H,7-15,18-26,31-39H2,1-6H3. The quantitative estimate of drug-likeness (QED) is 0.0186. The van der Waals surface area contributed by atoms with Gasteiger partial charge in [0.25, 0.3) is 0 Å². The lowest BCUT2D eigenvalue weighted by Crippen LogP contribution is -2.11. The third-order valence-corrected chi connectivity index (χ3v) is 11.2. The third-order valence-electron chi connectivity index (χ3n) is 11.2. The second-order valence-corrected chi connectivity index (χ2v) is 16.8. The van der Waals surface area contributed by atoms with Gasteiger partial charge in [0.2, 0.25) is 11.5 Å². The van der Waals surface area contributed by atoms with E-state index in [1.807, 2.05) is 18.2 Å². The third kappa shape index (κ3) is 17.3. The van der Waals surface area contributed by atoms with Crippen molar-refractivity contribution in [1.29, 1.82) is 0 Å². The zero-order chi connectivity index (χ0) is 47.4. The van der Waals surface area contributed by atoms with Crippen molar-refractivity contribution in [3.05, 3.63) is 36.4 Å². The van der Waals surface area contributed by atoms with Crippen LogP contribution in [0.4, 0.5) is 0 Å². The topological polar surface area (TPSA) is 134 Å². The molecule has 12 heteroatoms. The number of carbonyl (C=O) groups excluding carboxylic acids is 3. The van der Waals surface area contributed by atoms with Crippen LogP contribution in [0.2, 0.25) is 0 Å². The lowest BCUT2D eigenvalue weighted by Gasteiger charge is -2.26. The van der Waals surface area contributed by atoms with E-state index in [1.165, 1.54) is 20.8 Å². The fraction of sp³-hybridized carbons (Fsp3) is 0.611. The second kappa shape index (κ2) is 31.0. The Hall–Kier alpha value is -5.13. The van der Waals surface area contributed by atoms with E-state index in [0.29, 0.717) is 132 Å². The summed E-state index contributed by atoms with van der Waals surface area (Å²) in [7, 11) is 0. The van der Waals surface area contributed by atoms with E-state index in [4.69, 9.17) is 42.6 Å². The SMILES string of the molecule is CCCCCCOc1c(OCCCCCC)c(OCCCCOC(C)=O)c2c3c(OCCCCOC(C)=O)c(OCCCCOC(C)=O)ccc3c3ccccc3c2c1OCCCCCC. The average molecular weight is 919 g/mol. The normalized spacial score (nSPS) is 11.2. The summed E-state index contributed by atoms with van der Waals surface area (Å²) in [6.07, 6.45) is 16.1. The van der Waals surface area contributed by atoms with Crippen LogP contribution in [0.3, 0.4) is 0 Å². The molecule has 0 aliphatic carbocycles. The highest BCUT2D eigenvalue weighted by Crippen LogP contribution is 2.58. The lowest BCUT2D eigenvalue weighted by atomic mass is 9.91. The van der Waals surface area contributed by atoms with Crippen LogP contribution in [0.1, 0.15) is 157 Å². The Balaban J connectivity index is 2.07. The molecule has 4 aromatic rings. The van der Waals surface area contributed by atoms with E-state index in [0.717, 1.165) is 109 Å². The first-order valence-electron chi connectivity index (χ1n) is 24.9. The van der Waals surface area contributed by atoms with Gasteiger partial charge in [-0.2, -0.15) is 0 Å². The molecule has 0 amide bonds. The number of hydrogen-bond donors (Lipinski definition) is 0. The van der Waals surface area contributed by atoms with Crippen LogP contribution in [0.15, 0.2) is 36.4 Å². The number of rotatable bonds is 36. The van der Waals surface area contributed by atoms with Gasteiger partial charge >= 0.3 is 17.9 Å². The zero-order valence-corrected chi connectivity index (χ0v) is 41.0. The Morgan fingerprint density at radius 1 is 0.333 bits per heavy atom. The summed E-state index contributed by atoms with van der Waals surface area (Å²) < 4.78 is 57.1. The largest absolute Gasteiger partial charge is 0.490 e. The Kier molecular flexibility index (Phi) is 25.1. The Morgan fingerprint density at radius 3 is 1.11 bits per heavy atom. The van der Waals surface area contributed by atoms with Crippen molar-refractivity contribution >= 4 is 50.2 Å². The number of unbranched alkanes of at least 4 members (excludes halogenated alkanes) is 12. The van der Waals surface area contributed by atoms with Crippen molar-refractivity contribution in [3.8, 4) is 34.5 Å². The molecule has 0 aliphatic heterocycles. The summed E-state index contributed by atoms with van der Waals surface area (Å²) in [6.45, 7) is 14.2. The lowest BCUT2D eigenvalue weighted by molar-refractivity contribution is -0.142. The van der Waals surface area contributed by atoms with Gasteiger partial charge in [0.05, 0.1) is 59.5 Å². The molecule has 0 saturated carbocycles. The van der Waals surface area contributed by atoms with Crippen molar-refractivity contribution < 1.29 is 57.0 Å². The Labute approximate surface area is 393 Å². The molecule has 66 heavy (non-hydrogen) atoms. The van der Waals surface area contributed by atoms with Gasteiger partial charge in [-0.15, -0.1) is 0 Å². The van der Waals surface area contributed by atoms with Crippen LogP contribution in [0.25, 0.3) is 32.3 Å². The molecular formula is C54H78O12. The van der Waals surface area contributed by atoms with Crippen LogP contribution in [-0.2, 0) is 28.6 Å². The molecule has 0 atom stereocenters. The minimum atomic E-state index is -0.317. The molecule has 4 aromatic carbocycles. The molecule has 0 bridgehead atoms. The van der Waals surface area contributed by atoms with Gasteiger partial charge in [0, 0.05) is 36.9 Å². The predicted octanol–water partition coefficient (Wildman–Crippen LogP) is 13.2. The fourth-order valence-corrected chi connectivity index (χ4v) is 7.82. The monoisotopic (exact) mass is 919 g/mol. The van der Waals surface area contributed by atoms with Gasteiger partial charge in [0.15, 0.2) is 23.0 Å². The Morgan fingerprint density at radius 2 is 0.667 bits per heavy atom. The molecule has 4 rings (SSSR count).